The van der Waals surface area contributed by atoms with Crippen LogP contribution in [0.4, 0.5) is 0 Å². The summed E-state index contributed by atoms with van der Waals surface area (Å²) in [7, 11) is -3.55. The van der Waals surface area contributed by atoms with E-state index in [1.54, 1.807) is 11.0 Å². The zero-order valence-electron chi connectivity index (χ0n) is 18.1. The van der Waals surface area contributed by atoms with Crippen molar-refractivity contribution >= 4 is 33.8 Å². The zero-order valence-corrected chi connectivity index (χ0v) is 19.8. The van der Waals surface area contributed by atoms with Gasteiger partial charge in [-0.1, -0.05) is 42.1 Å². The summed E-state index contributed by atoms with van der Waals surface area (Å²) >= 11 is 1.20. The van der Waals surface area contributed by atoms with Crippen molar-refractivity contribution in [2.45, 2.75) is 30.6 Å². The fourth-order valence-corrected chi connectivity index (χ4v) is 5.82. The number of hydrogen-bond acceptors (Lipinski definition) is 7. The first kappa shape index (κ1) is 23.7. The van der Waals surface area contributed by atoms with E-state index in [2.05, 4.69) is 10.2 Å². The Morgan fingerprint density at radius 3 is 2.67 bits per heavy atom. The SMILES string of the molecule is O=C(CSc1n[nH]c(=O)n1CC1CCCO1)N1CCN(S(=O)(=O)/C=C/c2ccccc2)CC1. The number of sulfonamides is 1. The average Bonchev–Trinajstić information content (AvgIpc) is 3.47. The fraction of sp³-hybridized carbons (Fsp3) is 0.476. The van der Waals surface area contributed by atoms with Gasteiger partial charge in [-0.15, -0.1) is 5.10 Å². The summed E-state index contributed by atoms with van der Waals surface area (Å²) < 4.78 is 33.7. The molecule has 2 aliphatic heterocycles. The molecule has 1 N–H and O–H groups in total. The lowest BCUT2D eigenvalue weighted by atomic mass is 10.2. The first-order valence-electron chi connectivity index (χ1n) is 10.8. The molecular weight excluding hydrogens is 466 g/mol. The monoisotopic (exact) mass is 493 g/mol. The smallest absolute Gasteiger partial charge is 0.344 e. The molecule has 1 aromatic heterocycles. The van der Waals surface area contributed by atoms with Gasteiger partial charge in [-0.25, -0.2) is 18.3 Å². The normalized spacial score (nSPS) is 20.0. The number of ether oxygens (including phenoxy) is 1. The molecule has 1 amide bonds. The topological polar surface area (TPSA) is 118 Å². The molecule has 33 heavy (non-hydrogen) atoms. The van der Waals surface area contributed by atoms with Gasteiger partial charge in [0.05, 0.1) is 18.4 Å². The molecule has 4 rings (SSSR count). The molecule has 2 aromatic rings. The van der Waals surface area contributed by atoms with Crippen LogP contribution in [0.2, 0.25) is 0 Å². The molecule has 178 valence electrons. The Morgan fingerprint density at radius 1 is 1.21 bits per heavy atom. The molecule has 0 radical (unpaired) electrons. The Balaban J connectivity index is 1.28. The largest absolute Gasteiger partial charge is 0.376 e. The Hall–Kier alpha value is -2.41. The molecule has 2 saturated heterocycles. The van der Waals surface area contributed by atoms with Gasteiger partial charge in [0.1, 0.15) is 0 Å². The fourth-order valence-electron chi connectivity index (χ4n) is 3.79. The van der Waals surface area contributed by atoms with Crippen LogP contribution in [0.25, 0.3) is 6.08 Å². The Bertz CT molecular complexity index is 1130. The Kier molecular flexibility index (Phi) is 7.68. The minimum atomic E-state index is -3.55. The van der Waals surface area contributed by atoms with Crippen LogP contribution in [0, 0.1) is 0 Å². The van der Waals surface area contributed by atoms with Crippen molar-refractivity contribution in [1.82, 2.24) is 24.0 Å². The molecule has 2 fully saturated rings. The lowest BCUT2D eigenvalue weighted by Crippen LogP contribution is -2.50. The summed E-state index contributed by atoms with van der Waals surface area (Å²) in [6, 6.07) is 9.23. The summed E-state index contributed by atoms with van der Waals surface area (Å²) in [5.41, 5.74) is 0.492. The number of nitrogens with one attached hydrogen (secondary N) is 1. The second-order valence-corrected chi connectivity index (χ2v) is 10.6. The van der Waals surface area contributed by atoms with E-state index in [1.165, 1.54) is 26.0 Å². The van der Waals surface area contributed by atoms with Crippen LogP contribution in [-0.2, 0) is 26.1 Å². The number of piperazine rings is 1. The maximum absolute atomic E-state index is 12.7. The number of aromatic nitrogens is 3. The van der Waals surface area contributed by atoms with Crippen molar-refractivity contribution in [1.29, 1.82) is 0 Å². The molecule has 0 spiro atoms. The van der Waals surface area contributed by atoms with Gasteiger partial charge in [0, 0.05) is 38.2 Å². The predicted octanol–water partition coefficient (Wildman–Crippen LogP) is 0.987. The Labute approximate surface area is 196 Å². The first-order valence-corrected chi connectivity index (χ1v) is 13.3. The molecular formula is C21H27N5O5S2. The van der Waals surface area contributed by atoms with Crippen LogP contribution in [-0.4, -0.2) is 82.9 Å². The number of benzene rings is 1. The van der Waals surface area contributed by atoms with Crippen molar-refractivity contribution in [3.8, 4) is 0 Å². The van der Waals surface area contributed by atoms with Gasteiger partial charge in [-0.2, -0.15) is 4.31 Å². The molecule has 12 heteroatoms. The number of amides is 1. The van der Waals surface area contributed by atoms with Crippen LogP contribution in [0.3, 0.4) is 0 Å². The van der Waals surface area contributed by atoms with Crippen molar-refractivity contribution < 1.29 is 17.9 Å². The minimum absolute atomic E-state index is 0.0127. The second-order valence-electron chi connectivity index (χ2n) is 7.88. The number of hydrogen-bond donors (Lipinski definition) is 1. The van der Waals surface area contributed by atoms with Crippen LogP contribution < -0.4 is 5.69 Å². The number of carbonyl (C=O) groups is 1. The van der Waals surface area contributed by atoms with Gasteiger partial charge in [0.15, 0.2) is 5.16 Å². The molecule has 10 nitrogen and oxygen atoms in total. The molecule has 0 bridgehead atoms. The standard InChI is InChI=1S/C21H27N5O5S2/c27-19(16-32-21-23-22-20(28)26(21)15-18-7-4-13-31-18)24-9-11-25(12-10-24)33(29,30)14-8-17-5-2-1-3-6-17/h1-3,5-6,8,14,18H,4,7,9-13,15-16H2,(H,22,28)/b14-8+. The van der Waals surface area contributed by atoms with Crippen LogP contribution in [0.5, 0.6) is 0 Å². The van der Waals surface area contributed by atoms with E-state index in [0.717, 1.165) is 18.4 Å². The van der Waals surface area contributed by atoms with Crippen LogP contribution in [0.15, 0.2) is 45.7 Å². The van der Waals surface area contributed by atoms with E-state index in [-0.39, 0.29) is 36.5 Å². The zero-order chi connectivity index (χ0) is 23.3. The highest BCUT2D eigenvalue weighted by Gasteiger charge is 2.28. The maximum atomic E-state index is 12.7. The third kappa shape index (κ3) is 6.14. The van der Waals surface area contributed by atoms with Gasteiger partial charge in [0.2, 0.25) is 15.9 Å². The lowest BCUT2D eigenvalue weighted by molar-refractivity contribution is -0.129. The van der Waals surface area contributed by atoms with Gasteiger partial charge >= 0.3 is 5.69 Å². The number of carbonyl (C=O) groups excluding carboxylic acids is 1. The number of aromatic amines is 1. The van der Waals surface area contributed by atoms with Gasteiger partial charge in [-0.3, -0.25) is 9.36 Å². The van der Waals surface area contributed by atoms with E-state index in [1.807, 2.05) is 30.3 Å². The number of nitrogens with zero attached hydrogens (tertiary/aromatic N) is 4. The summed E-state index contributed by atoms with van der Waals surface area (Å²) in [6.45, 7) is 2.23. The third-order valence-corrected chi connectivity index (χ3v) is 8.17. The first-order chi connectivity index (χ1) is 15.9. The molecule has 3 heterocycles. The number of rotatable bonds is 8. The lowest BCUT2D eigenvalue weighted by Gasteiger charge is -2.33. The Morgan fingerprint density at radius 2 is 1.97 bits per heavy atom. The quantitative estimate of drug-likeness (QED) is 0.545. The van der Waals surface area contributed by atoms with Crippen LogP contribution >= 0.6 is 11.8 Å². The number of thioether (sulfide) groups is 1. The minimum Gasteiger partial charge on any atom is -0.376 e. The highest BCUT2D eigenvalue weighted by molar-refractivity contribution is 7.99. The van der Waals surface area contributed by atoms with E-state index >= 15 is 0 Å². The van der Waals surface area contributed by atoms with Crippen molar-refractivity contribution in [2.24, 2.45) is 0 Å². The number of H-pyrrole nitrogens is 1. The van der Waals surface area contributed by atoms with Crippen molar-refractivity contribution in [2.75, 3.05) is 38.5 Å². The summed E-state index contributed by atoms with van der Waals surface area (Å²) in [5.74, 6) is 0.00668. The second kappa shape index (κ2) is 10.7. The van der Waals surface area contributed by atoms with Crippen molar-refractivity contribution in [3.05, 3.63) is 51.8 Å². The molecule has 1 unspecified atom stereocenters. The van der Waals surface area contributed by atoms with E-state index in [0.29, 0.717) is 31.4 Å². The van der Waals surface area contributed by atoms with Crippen LogP contribution in [0.1, 0.15) is 18.4 Å². The van der Waals surface area contributed by atoms with Crippen molar-refractivity contribution in [3.63, 3.8) is 0 Å². The summed E-state index contributed by atoms with van der Waals surface area (Å²) in [5, 5.41) is 8.13. The molecule has 0 aliphatic carbocycles. The third-order valence-electron chi connectivity index (χ3n) is 5.64. The molecule has 2 aliphatic rings. The molecule has 1 atom stereocenters. The summed E-state index contributed by atoms with van der Waals surface area (Å²) in [4.78, 5) is 26.4. The highest BCUT2D eigenvalue weighted by Crippen LogP contribution is 2.19. The molecule has 1 aromatic carbocycles. The van der Waals surface area contributed by atoms with Gasteiger partial charge in [0.25, 0.3) is 0 Å². The van der Waals surface area contributed by atoms with E-state index < -0.39 is 10.0 Å². The highest BCUT2D eigenvalue weighted by atomic mass is 32.2. The van der Waals surface area contributed by atoms with E-state index in [9.17, 15) is 18.0 Å². The van der Waals surface area contributed by atoms with Gasteiger partial charge < -0.3 is 9.64 Å². The average molecular weight is 494 g/mol. The van der Waals surface area contributed by atoms with E-state index in [4.69, 9.17) is 4.74 Å². The summed E-state index contributed by atoms with van der Waals surface area (Å²) in [6.07, 6.45) is 3.43. The predicted molar refractivity (Wildman–Crippen MR) is 125 cm³/mol. The maximum Gasteiger partial charge on any atom is 0.344 e. The molecule has 0 saturated carbocycles. The van der Waals surface area contributed by atoms with Gasteiger partial charge in [-0.05, 0) is 24.5 Å².